The third-order valence-electron chi connectivity index (χ3n) is 3.90. The number of amides is 1. The van der Waals surface area contributed by atoms with E-state index < -0.39 is 0 Å². The zero-order chi connectivity index (χ0) is 17.2. The molecule has 0 radical (unpaired) electrons. The Hall–Kier alpha value is -2.31. The van der Waals surface area contributed by atoms with Crippen molar-refractivity contribution in [2.24, 2.45) is 16.6 Å². The number of guanidine groups is 1. The van der Waals surface area contributed by atoms with Crippen molar-refractivity contribution in [3.8, 4) is 5.75 Å². The topological polar surface area (TPSA) is 92.8 Å². The highest BCUT2D eigenvalue weighted by Gasteiger charge is 2.23. The van der Waals surface area contributed by atoms with Gasteiger partial charge in [-0.05, 0) is 37.8 Å². The number of carbonyl (C=O) groups excluding carboxylic acids is 1. The molecule has 132 valence electrons. The molecule has 0 saturated carbocycles. The van der Waals surface area contributed by atoms with Crippen LogP contribution in [0.15, 0.2) is 29.5 Å². The molecule has 0 bridgehead atoms. The van der Waals surface area contributed by atoms with Crippen molar-refractivity contribution in [1.29, 1.82) is 0 Å². The van der Waals surface area contributed by atoms with Crippen LogP contribution in [0.1, 0.15) is 26.2 Å². The van der Waals surface area contributed by atoms with Gasteiger partial charge >= 0.3 is 0 Å². The average molecular weight is 333 g/mol. The lowest BCUT2D eigenvalue weighted by atomic mass is 9.95. The van der Waals surface area contributed by atoms with E-state index >= 15 is 0 Å². The van der Waals surface area contributed by atoms with E-state index in [1.807, 2.05) is 19.1 Å². The highest BCUT2D eigenvalue weighted by Crippen LogP contribution is 2.19. The van der Waals surface area contributed by atoms with Crippen LogP contribution in [-0.2, 0) is 4.79 Å². The molecule has 1 unspecified atom stereocenters. The third kappa shape index (κ3) is 6.06. The minimum Gasteiger partial charge on any atom is -0.490 e. The summed E-state index contributed by atoms with van der Waals surface area (Å²) in [5, 5.41) is 3.32. The summed E-state index contributed by atoms with van der Waals surface area (Å²) in [5.41, 5.74) is 5.33. The van der Waals surface area contributed by atoms with Crippen LogP contribution in [0.2, 0.25) is 0 Å². The second kappa shape index (κ2) is 9.75. The van der Waals surface area contributed by atoms with Gasteiger partial charge in [-0.3, -0.25) is 9.78 Å². The van der Waals surface area contributed by atoms with E-state index in [1.165, 1.54) is 0 Å². The van der Waals surface area contributed by atoms with Gasteiger partial charge in [0, 0.05) is 32.3 Å². The summed E-state index contributed by atoms with van der Waals surface area (Å²) in [5.74, 6) is 1.71. The van der Waals surface area contributed by atoms with Crippen molar-refractivity contribution in [3.63, 3.8) is 0 Å². The molecule has 1 atom stereocenters. The molecule has 1 aromatic rings. The second-order valence-electron chi connectivity index (χ2n) is 5.90. The van der Waals surface area contributed by atoms with Crippen LogP contribution < -0.4 is 15.8 Å². The molecule has 7 heteroatoms. The number of ether oxygens (including phenoxy) is 1. The fourth-order valence-corrected chi connectivity index (χ4v) is 2.88. The zero-order valence-electron chi connectivity index (χ0n) is 14.3. The lowest BCUT2D eigenvalue weighted by Gasteiger charge is -2.34. The molecule has 1 aliphatic rings. The summed E-state index contributed by atoms with van der Waals surface area (Å²) in [6.45, 7) is 5.68. The number of aliphatic imine (C=N–C) groups is 1. The summed E-state index contributed by atoms with van der Waals surface area (Å²) in [6.07, 6.45) is 5.94. The first kappa shape index (κ1) is 18.0. The molecule has 3 N–H and O–H groups in total. The van der Waals surface area contributed by atoms with Crippen molar-refractivity contribution in [2.75, 3.05) is 32.8 Å². The van der Waals surface area contributed by atoms with E-state index in [-0.39, 0.29) is 5.91 Å². The summed E-state index contributed by atoms with van der Waals surface area (Å²) in [7, 11) is 0. The summed E-state index contributed by atoms with van der Waals surface area (Å²) >= 11 is 0. The van der Waals surface area contributed by atoms with Gasteiger partial charge in [-0.25, -0.2) is 4.99 Å². The first-order valence-electron chi connectivity index (χ1n) is 8.53. The largest absolute Gasteiger partial charge is 0.490 e. The highest BCUT2D eigenvalue weighted by atomic mass is 16.5. The molecule has 1 aliphatic heterocycles. The van der Waals surface area contributed by atoms with Gasteiger partial charge in [0.15, 0.2) is 5.96 Å². The van der Waals surface area contributed by atoms with Gasteiger partial charge in [0.2, 0.25) is 5.91 Å². The molecule has 1 saturated heterocycles. The van der Waals surface area contributed by atoms with Crippen LogP contribution in [0.3, 0.4) is 0 Å². The van der Waals surface area contributed by atoms with Crippen LogP contribution in [-0.4, -0.2) is 54.5 Å². The molecule has 1 amide bonds. The number of nitrogens with zero attached hydrogens (tertiary/aromatic N) is 3. The van der Waals surface area contributed by atoms with Crippen LogP contribution in [0.5, 0.6) is 5.75 Å². The molecule has 0 aromatic carbocycles. The number of nitrogens with one attached hydrogen (secondary N) is 1. The monoisotopic (exact) mass is 333 g/mol. The Morgan fingerprint density at radius 2 is 2.46 bits per heavy atom. The normalized spacial score (nSPS) is 18.3. The van der Waals surface area contributed by atoms with Crippen LogP contribution in [0, 0.1) is 5.92 Å². The van der Waals surface area contributed by atoms with Gasteiger partial charge in [-0.15, -0.1) is 0 Å². The third-order valence-corrected chi connectivity index (χ3v) is 3.90. The molecule has 2 heterocycles. The van der Waals surface area contributed by atoms with Crippen molar-refractivity contribution < 1.29 is 9.53 Å². The second-order valence-corrected chi connectivity index (χ2v) is 5.90. The quantitative estimate of drug-likeness (QED) is 0.441. The Bertz CT molecular complexity index is 535. The molecule has 24 heavy (non-hydrogen) atoms. The number of piperidine rings is 1. The number of hydrogen-bond acceptors (Lipinski definition) is 4. The van der Waals surface area contributed by atoms with Gasteiger partial charge < -0.3 is 20.7 Å². The smallest absolute Gasteiger partial charge is 0.217 e. The molecular weight excluding hydrogens is 306 g/mol. The maximum Gasteiger partial charge on any atom is 0.217 e. The average Bonchev–Trinajstić information content (AvgIpc) is 2.58. The van der Waals surface area contributed by atoms with E-state index in [0.29, 0.717) is 25.5 Å². The van der Waals surface area contributed by atoms with Gasteiger partial charge in [-0.2, -0.15) is 0 Å². The van der Waals surface area contributed by atoms with Gasteiger partial charge in [0.05, 0.1) is 12.7 Å². The van der Waals surface area contributed by atoms with E-state index in [4.69, 9.17) is 10.5 Å². The van der Waals surface area contributed by atoms with Crippen molar-refractivity contribution >= 4 is 11.9 Å². The standard InChI is InChI=1S/C17H27N5O2/c1-2-20-17(21-8-10-24-15-6-3-7-19-12-15)22-9-4-5-14(13-22)11-16(18)23/h3,6-7,12,14H,2,4-5,8-11,13H2,1H3,(H2,18,23)(H,20,21). The SMILES string of the molecule is CCNC(=NCCOc1cccnc1)N1CCCC(CC(N)=O)C1. The van der Waals surface area contributed by atoms with Crippen molar-refractivity contribution in [1.82, 2.24) is 15.2 Å². The Labute approximate surface area is 143 Å². The summed E-state index contributed by atoms with van der Waals surface area (Å²) in [6, 6.07) is 3.72. The van der Waals surface area contributed by atoms with Crippen LogP contribution in [0.25, 0.3) is 0 Å². The van der Waals surface area contributed by atoms with Crippen molar-refractivity contribution in [3.05, 3.63) is 24.5 Å². The maximum absolute atomic E-state index is 11.2. The number of aromatic nitrogens is 1. The molecule has 2 rings (SSSR count). The number of primary amides is 1. The lowest BCUT2D eigenvalue weighted by molar-refractivity contribution is -0.119. The Kier molecular flexibility index (Phi) is 7.32. The molecule has 7 nitrogen and oxygen atoms in total. The van der Waals surface area contributed by atoms with E-state index in [9.17, 15) is 4.79 Å². The number of nitrogens with two attached hydrogens (primary N) is 1. The maximum atomic E-state index is 11.2. The predicted octanol–water partition coefficient (Wildman–Crippen LogP) is 1.01. The number of likely N-dealkylation sites (tertiary alicyclic amines) is 1. The molecule has 1 fully saturated rings. The van der Waals surface area contributed by atoms with Crippen LogP contribution in [0.4, 0.5) is 0 Å². The van der Waals surface area contributed by atoms with E-state index in [0.717, 1.165) is 44.2 Å². The first-order valence-corrected chi connectivity index (χ1v) is 8.53. The number of carbonyl (C=O) groups is 1. The predicted molar refractivity (Wildman–Crippen MR) is 93.8 cm³/mol. The molecule has 0 spiro atoms. The van der Waals surface area contributed by atoms with Crippen molar-refractivity contribution in [2.45, 2.75) is 26.2 Å². The highest BCUT2D eigenvalue weighted by molar-refractivity contribution is 5.80. The van der Waals surface area contributed by atoms with Gasteiger partial charge in [-0.1, -0.05) is 0 Å². The number of hydrogen-bond donors (Lipinski definition) is 2. The van der Waals surface area contributed by atoms with E-state index in [2.05, 4.69) is 20.2 Å². The fraction of sp³-hybridized carbons (Fsp3) is 0.588. The number of rotatable bonds is 7. The fourth-order valence-electron chi connectivity index (χ4n) is 2.88. The molecular formula is C17H27N5O2. The molecule has 1 aromatic heterocycles. The van der Waals surface area contributed by atoms with Crippen LogP contribution >= 0.6 is 0 Å². The lowest BCUT2D eigenvalue weighted by Crippen LogP contribution is -2.47. The Morgan fingerprint density at radius 3 is 3.17 bits per heavy atom. The first-order chi connectivity index (χ1) is 11.7. The Balaban J connectivity index is 1.86. The molecule has 0 aliphatic carbocycles. The minimum absolute atomic E-state index is 0.228. The summed E-state index contributed by atoms with van der Waals surface area (Å²) in [4.78, 5) is 22.0. The number of pyridine rings is 1. The van der Waals surface area contributed by atoms with Gasteiger partial charge in [0.25, 0.3) is 0 Å². The van der Waals surface area contributed by atoms with Gasteiger partial charge in [0.1, 0.15) is 12.4 Å². The zero-order valence-corrected chi connectivity index (χ0v) is 14.3. The van der Waals surface area contributed by atoms with E-state index in [1.54, 1.807) is 12.4 Å². The minimum atomic E-state index is -0.228. The Morgan fingerprint density at radius 1 is 1.58 bits per heavy atom. The summed E-state index contributed by atoms with van der Waals surface area (Å²) < 4.78 is 5.62.